The molecule has 0 aliphatic rings. The first-order chi connectivity index (χ1) is 20.8. The minimum atomic E-state index is 0.751. The lowest BCUT2D eigenvalue weighted by Crippen LogP contribution is -1.97. The second kappa shape index (κ2) is 11.3. The van der Waals surface area contributed by atoms with Gasteiger partial charge in [0, 0.05) is 60.7 Å². The van der Waals surface area contributed by atoms with Gasteiger partial charge >= 0.3 is 0 Å². The summed E-state index contributed by atoms with van der Waals surface area (Å²) in [6.45, 7) is 1.50. The van der Waals surface area contributed by atoms with Crippen molar-refractivity contribution in [3.8, 4) is 22.8 Å². The van der Waals surface area contributed by atoms with Crippen LogP contribution in [0.25, 0.3) is 44.8 Å². The molecule has 2 aromatic carbocycles. The van der Waals surface area contributed by atoms with Gasteiger partial charge in [-0.05, 0) is 47.5 Å². The molecule has 0 bridgehead atoms. The number of para-hydroxylation sites is 4. The molecule has 6 heterocycles. The Hall–Kier alpha value is -5.90. The van der Waals surface area contributed by atoms with Crippen molar-refractivity contribution in [2.75, 3.05) is 0 Å². The monoisotopic (exact) mass is 550 g/mol. The number of aromatic nitrogens is 10. The maximum Gasteiger partial charge on any atom is 0.140 e. The van der Waals surface area contributed by atoms with E-state index in [0.717, 1.165) is 69.1 Å². The maximum atomic E-state index is 4.61. The zero-order valence-electron chi connectivity index (χ0n) is 22.5. The van der Waals surface area contributed by atoms with E-state index in [-0.39, 0.29) is 0 Å². The van der Waals surface area contributed by atoms with E-state index in [9.17, 15) is 0 Å². The molecule has 0 radical (unpaired) electrons. The molecule has 0 saturated carbocycles. The topological polar surface area (TPSA) is 119 Å². The smallest absolute Gasteiger partial charge is 0.140 e. The van der Waals surface area contributed by atoms with Crippen LogP contribution in [0.3, 0.4) is 0 Å². The van der Waals surface area contributed by atoms with E-state index in [0.29, 0.717) is 0 Å². The summed E-state index contributed by atoms with van der Waals surface area (Å²) in [4.78, 5) is 32.6. The highest BCUT2D eigenvalue weighted by atomic mass is 15.0. The molecule has 204 valence electrons. The zero-order chi connectivity index (χ0) is 28.1. The SMILES string of the molecule is c1ccc2[nH]c(-c3cncc(Cn4ccnc4)c3)nc2c1.c1ccc2[nH]c(-c3cncc(Cn4ccnc4)c3)nc2c1. The molecule has 0 unspecified atom stereocenters. The molecular weight excluding hydrogens is 524 g/mol. The molecule has 0 spiro atoms. The molecule has 0 atom stereocenters. The number of hydrogen-bond donors (Lipinski definition) is 2. The van der Waals surface area contributed by atoms with Crippen LogP contribution in [0.4, 0.5) is 0 Å². The van der Waals surface area contributed by atoms with E-state index in [4.69, 9.17) is 0 Å². The number of H-pyrrole nitrogens is 2. The van der Waals surface area contributed by atoms with Crippen molar-refractivity contribution >= 4 is 22.1 Å². The van der Waals surface area contributed by atoms with Crippen LogP contribution in [-0.4, -0.2) is 49.0 Å². The van der Waals surface area contributed by atoms with Gasteiger partial charge in [0.25, 0.3) is 0 Å². The molecule has 8 rings (SSSR count). The van der Waals surface area contributed by atoms with Gasteiger partial charge in [-0.1, -0.05) is 24.3 Å². The standard InChI is InChI=1S/2C16H13N5/c2*1-2-4-15-14(3-1)19-16(20-15)13-7-12(8-18-9-13)10-21-6-5-17-11-21/h2*1-9,11H,10H2,(H,19,20). The van der Waals surface area contributed by atoms with Gasteiger partial charge in [-0.3, -0.25) is 9.97 Å². The first-order valence-electron chi connectivity index (χ1n) is 13.5. The van der Waals surface area contributed by atoms with Crippen LogP contribution >= 0.6 is 0 Å². The Labute approximate surface area is 240 Å². The zero-order valence-corrected chi connectivity index (χ0v) is 22.5. The fraction of sp³-hybridized carbons (Fsp3) is 0.0625. The average Bonchev–Trinajstić information content (AvgIpc) is 3.85. The molecule has 0 saturated heterocycles. The van der Waals surface area contributed by atoms with E-state index in [1.807, 2.05) is 94.8 Å². The summed E-state index contributed by atoms with van der Waals surface area (Å²) in [7, 11) is 0. The van der Waals surface area contributed by atoms with E-state index in [1.54, 1.807) is 25.0 Å². The second-order valence-corrected chi connectivity index (χ2v) is 9.84. The average molecular weight is 551 g/mol. The van der Waals surface area contributed by atoms with E-state index >= 15 is 0 Å². The summed E-state index contributed by atoms with van der Waals surface area (Å²) in [5, 5.41) is 0. The van der Waals surface area contributed by atoms with E-state index < -0.39 is 0 Å². The molecule has 0 aliphatic heterocycles. The second-order valence-electron chi connectivity index (χ2n) is 9.84. The van der Waals surface area contributed by atoms with Crippen molar-refractivity contribution in [3.63, 3.8) is 0 Å². The highest BCUT2D eigenvalue weighted by Gasteiger charge is 2.08. The molecule has 0 fully saturated rings. The number of aromatic amines is 2. The first kappa shape index (κ1) is 25.1. The van der Waals surface area contributed by atoms with Gasteiger partial charge in [0.1, 0.15) is 11.6 Å². The molecule has 42 heavy (non-hydrogen) atoms. The predicted molar refractivity (Wildman–Crippen MR) is 161 cm³/mol. The number of benzene rings is 2. The van der Waals surface area contributed by atoms with Crippen molar-refractivity contribution in [2.45, 2.75) is 13.1 Å². The largest absolute Gasteiger partial charge is 0.338 e. The number of nitrogens with zero attached hydrogens (tertiary/aromatic N) is 8. The summed E-state index contributed by atoms with van der Waals surface area (Å²) in [5.41, 5.74) is 8.21. The van der Waals surface area contributed by atoms with Crippen LogP contribution in [0, 0.1) is 0 Å². The highest BCUT2D eigenvalue weighted by Crippen LogP contribution is 2.22. The van der Waals surface area contributed by atoms with E-state index in [1.165, 1.54) is 0 Å². The maximum absolute atomic E-state index is 4.61. The number of nitrogens with one attached hydrogen (secondary N) is 2. The van der Waals surface area contributed by atoms with Gasteiger partial charge in [-0.15, -0.1) is 0 Å². The molecular formula is C32H26N10. The molecule has 0 amide bonds. The third-order valence-corrected chi connectivity index (χ3v) is 6.76. The van der Waals surface area contributed by atoms with Crippen LogP contribution in [-0.2, 0) is 13.1 Å². The normalized spacial score (nSPS) is 11.0. The summed E-state index contributed by atoms with van der Waals surface area (Å²) >= 11 is 0. The summed E-state index contributed by atoms with van der Waals surface area (Å²) in [5.74, 6) is 1.69. The van der Waals surface area contributed by atoms with Crippen molar-refractivity contribution in [1.82, 2.24) is 49.0 Å². The lowest BCUT2D eigenvalue weighted by molar-refractivity contribution is 0.793. The Morgan fingerprint density at radius 1 is 0.548 bits per heavy atom. The number of pyridine rings is 2. The third-order valence-electron chi connectivity index (χ3n) is 6.76. The predicted octanol–water partition coefficient (Wildman–Crippen LogP) is 5.74. The number of imidazole rings is 4. The van der Waals surface area contributed by atoms with Crippen LogP contribution in [0.15, 0.2) is 123 Å². The van der Waals surface area contributed by atoms with Crippen LogP contribution in [0.1, 0.15) is 11.1 Å². The minimum Gasteiger partial charge on any atom is -0.338 e. The number of rotatable bonds is 6. The van der Waals surface area contributed by atoms with Crippen molar-refractivity contribution < 1.29 is 0 Å². The first-order valence-corrected chi connectivity index (χ1v) is 13.5. The molecule has 10 nitrogen and oxygen atoms in total. The summed E-state index contributed by atoms with van der Waals surface area (Å²) in [6, 6.07) is 20.2. The quantitative estimate of drug-likeness (QED) is 0.273. The fourth-order valence-electron chi connectivity index (χ4n) is 4.77. The Bertz CT molecular complexity index is 1840. The van der Waals surface area contributed by atoms with Crippen molar-refractivity contribution in [3.05, 3.63) is 134 Å². The third kappa shape index (κ3) is 5.54. The number of fused-ring (bicyclic) bond motifs is 2. The Kier molecular flexibility index (Phi) is 6.75. The lowest BCUT2D eigenvalue weighted by Gasteiger charge is -2.03. The molecule has 10 heteroatoms. The van der Waals surface area contributed by atoms with Gasteiger partial charge < -0.3 is 19.1 Å². The fourth-order valence-corrected chi connectivity index (χ4v) is 4.77. The summed E-state index contributed by atoms with van der Waals surface area (Å²) < 4.78 is 4.03. The van der Waals surface area contributed by atoms with Gasteiger partial charge in [-0.2, -0.15) is 0 Å². The minimum absolute atomic E-state index is 0.751. The van der Waals surface area contributed by atoms with Crippen LogP contribution < -0.4 is 0 Å². The van der Waals surface area contributed by atoms with E-state index in [2.05, 4.69) is 52.0 Å². The van der Waals surface area contributed by atoms with Crippen molar-refractivity contribution in [1.29, 1.82) is 0 Å². The Morgan fingerprint density at radius 3 is 1.45 bits per heavy atom. The molecule has 6 aromatic heterocycles. The van der Waals surface area contributed by atoms with Crippen LogP contribution in [0.2, 0.25) is 0 Å². The molecule has 8 aromatic rings. The van der Waals surface area contributed by atoms with Gasteiger partial charge in [0.15, 0.2) is 0 Å². The molecule has 0 aliphatic carbocycles. The van der Waals surface area contributed by atoms with Gasteiger partial charge in [-0.25, -0.2) is 19.9 Å². The molecule has 2 N–H and O–H groups in total. The van der Waals surface area contributed by atoms with Gasteiger partial charge in [0.05, 0.1) is 47.8 Å². The Morgan fingerprint density at radius 2 is 1.02 bits per heavy atom. The lowest BCUT2D eigenvalue weighted by atomic mass is 10.2. The van der Waals surface area contributed by atoms with Crippen molar-refractivity contribution in [2.24, 2.45) is 0 Å². The summed E-state index contributed by atoms with van der Waals surface area (Å²) in [6.07, 6.45) is 18.4. The highest BCUT2D eigenvalue weighted by molar-refractivity contribution is 5.80. The van der Waals surface area contributed by atoms with Gasteiger partial charge in [0.2, 0.25) is 0 Å². The Balaban J connectivity index is 0.000000137. The number of hydrogen-bond acceptors (Lipinski definition) is 6. The van der Waals surface area contributed by atoms with Crippen LogP contribution in [0.5, 0.6) is 0 Å².